The lowest BCUT2D eigenvalue weighted by molar-refractivity contribution is -0.138. The number of hydrogen-bond acceptors (Lipinski definition) is 3. The molecule has 0 saturated carbocycles. The second kappa shape index (κ2) is 13.8. The first-order chi connectivity index (χ1) is 17.5. The van der Waals surface area contributed by atoms with Gasteiger partial charge in [-0.1, -0.05) is 94.1 Å². The van der Waals surface area contributed by atoms with Crippen molar-refractivity contribution in [3.05, 3.63) is 65.7 Å². The van der Waals surface area contributed by atoms with Gasteiger partial charge >= 0.3 is 0 Å². The molecule has 1 unspecified atom stereocenters. The van der Waals surface area contributed by atoms with Crippen LogP contribution >= 0.6 is 11.6 Å². The summed E-state index contributed by atoms with van der Waals surface area (Å²) in [5.74, 6) is 0.276. The Balaban J connectivity index is 1.86. The van der Waals surface area contributed by atoms with E-state index in [0.717, 1.165) is 49.8 Å². The van der Waals surface area contributed by atoms with Crippen molar-refractivity contribution < 1.29 is 9.59 Å². The maximum Gasteiger partial charge on any atom is 0.245 e. The number of amides is 2. The van der Waals surface area contributed by atoms with Crippen LogP contribution < -0.4 is 5.32 Å². The van der Waals surface area contributed by atoms with Crippen molar-refractivity contribution in [3.8, 4) is 16.9 Å². The first kappa shape index (κ1) is 27.5. The molecule has 0 aliphatic carbocycles. The predicted molar refractivity (Wildman–Crippen MR) is 147 cm³/mol. The molecule has 7 heteroatoms. The summed E-state index contributed by atoms with van der Waals surface area (Å²) in [4.78, 5) is 28.3. The second-order valence-electron chi connectivity index (χ2n) is 9.05. The standard InChI is InChI=1S/C29H37ClN4O2/c1-4-7-14-22(6-3)29(36)33(19-8-5-2)21-28(35)31-27-20-25(23-15-10-9-11-16-23)32-34(27)26-18-13-12-17-24(26)30/h9-13,15-18,20,22H,4-8,14,19,21H2,1-3H3,(H,31,35). The minimum absolute atomic E-state index is 0.00975. The number of anilines is 1. The summed E-state index contributed by atoms with van der Waals surface area (Å²) in [5.41, 5.74) is 2.32. The van der Waals surface area contributed by atoms with E-state index in [0.29, 0.717) is 23.1 Å². The van der Waals surface area contributed by atoms with Gasteiger partial charge in [-0.2, -0.15) is 5.10 Å². The van der Waals surface area contributed by atoms with Gasteiger partial charge in [0.05, 0.1) is 22.9 Å². The van der Waals surface area contributed by atoms with Crippen molar-refractivity contribution in [2.45, 2.75) is 59.3 Å². The van der Waals surface area contributed by atoms with Gasteiger partial charge in [0.25, 0.3) is 0 Å². The second-order valence-corrected chi connectivity index (χ2v) is 9.46. The van der Waals surface area contributed by atoms with E-state index in [1.807, 2.05) is 61.5 Å². The number of carbonyl (C=O) groups is 2. The Labute approximate surface area is 219 Å². The molecule has 2 aromatic carbocycles. The quantitative estimate of drug-likeness (QED) is 0.271. The van der Waals surface area contributed by atoms with Crippen LogP contribution in [0.5, 0.6) is 0 Å². The lowest BCUT2D eigenvalue weighted by atomic mass is 9.97. The van der Waals surface area contributed by atoms with Crippen LogP contribution in [0.4, 0.5) is 5.82 Å². The zero-order valence-corrected chi connectivity index (χ0v) is 22.3. The van der Waals surface area contributed by atoms with Crippen molar-refractivity contribution >= 4 is 29.2 Å². The largest absolute Gasteiger partial charge is 0.333 e. The van der Waals surface area contributed by atoms with Crippen molar-refractivity contribution in [1.82, 2.24) is 14.7 Å². The SMILES string of the molecule is CCCCC(CC)C(=O)N(CCCC)CC(=O)Nc1cc(-c2ccccc2)nn1-c1ccccc1Cl. The maximum absolute atomic E-state index is 13.3. The van der Waals surface area contributed by atoms with Crippen LogP contribution in [0.2, 0.25) is 5.02 Å². The summed E-state index contributed by atoms with van der Waals surface area (Å²) in [6.07, 6.45) is 5.51. The molecule has 1 atom stereocenters. The Morgan fingerprint density at radius 2 is 1.69 bits per heavy atom. The molecule has 0 aliphatic heterocycles. The molecule has 0 bridgehead atoms. The highest BCUT2D eigenvalue weighted by molar-refractivity contribution is 6.32. The fraction of sp³-hybridized carbons (Fsp3) is 0.414. The molecule has 0 saturated heterocycles. The molecule has 6 nitrogen and oxygen atoms in total. The van der Waals surface area contributed by atoms with E-state index in [9.17, 15) is 9.59 Å². The topological polar surface area (TPSA) is 67.2 Å². The third-order valence-electron chi connectivity index (χ3n) is 6.30. The van der Waals surface area contributed by atoms with E-state index >= 15 is 0 Å². The third kappa shape index (κ3) is 7.20. The summed E-state index contributed by atoms with van der Waals surface area (Å²) in [5, 5.41) is 8.26. The highest BCUT2D eigenvalue weighted by Gasteiger charge is 2.25. The zero-order valence-electron chi connectivity index (χ0n) is 21.5. The van der Waals surface area contributed by atoms with Crippen LogP contribution in [-0.2, 0) is 9.59 Å². The molecule has 0 aliphatic rings. The summed E-state index contributed by atoms with van der Waals surface area (Å²) in [6, 6.07) is 19.0. The molecule has 0 spiro atoms. The minimum atomic E-state index is -0.252. The van der Waals surface area contributed by atoms with E-state index in [4.69, 9.17) is 16.7 Å². The summed E-state index contributed by atoms with van der Waals surface area (Å²) >= 11 is 6.47. The lowest BCUT2D eigenvalue weighted by Gasteiger charge is -2.26. The van der Waals surface area contributed by atoms with Crippen LogP contribution in [0.25, 0.3) is 16.9 Å². The average Bonchev–Trinajstić information content (AvgIpc) is 3.30. The van der Waals surface area contributed by atoms with Gasteiger partial charge in [0.2, 0.25) is 11.8 Å². The smallest absolute Gasteiger partial charge is 0.245 e. The monoisotopic (exact) mass is 508 g/mol. The third-order valence-corrected chi connectivity index (χ3v) is 6.62. The fourth-order valence-electron chi connectivity index (χ4n) is 4.21. The molecule has 3 rings (SSSR count). The summed E-state index contributed by atoms with van der Waals surface area (Å²) in [6.45, 7) is 6.85. The molecular weight excluding hydrogens is 472 g/mol. The van der Waals surface area contributed by atoms with Crippen LogP contribution in [0.15, 0.2) is 60.7 Å². The number of nitrogens with zero attached hydrogens (tertiary/aromatic N) is 3. The van der Waals surface area contributed by atoms with E-state index in [-0.39, 0.29) is 24.3 Å². The molecule has 1 N–H and O–H groups in total. The Bertz CT molecular complexity index is 1130. The Morgan fingerprint density at radius 3 is 2.36 bits per heavy atom. The molecule has 0 fully saturated rings. The molecule has 3 aromatic rings. The van der Waals surface area contributed by atoms with Crippen LogP contribution in [0, 0.1) is 5.92 Å². The van der Waals surface area contributed by atoms with Crippen molar-refractivity contribution in [2.24, 2.45) is 5.92 Å². The van der Waals surface area contributed by atoms with Crippen molar-refractivity contribution in [2.75, 3.05) is 18.4 Å². The van der Waals surface area contributed by atoms with E-state index in [1.54, 1.807) is 15.6 Å². The van der Waals surface area contributed by atoms with Crippen molar-refractivity contribution in [3.63, 3.8) is 0 Å². The molecule has 36 heavy (non-hydrogen) atoms. The van der Waals surface area contributed by atoms with Gasteiger partial charge in [-0.3, -0.25) is 9.59 Å². The lowest BCUT2D eigenvalue weighted by Crippen LogP contribution is -2.42. The number of hydrogen-bond donors (Lipinski definition) is 1. The Kier molecular flexibility index (Phi) is 10.6. The van der Waals surface area contributed by atoms with E-state index in [2.05, 4.69) is 19.2 Å². The molecule has 1 heterocycles. The number of para-hydroxylation sites is 1. The Hall–Kier alpha value is -3.12. The number of unbranched alkanes of at least 4 members (excludes halogenated alkanes) is 2. The zero-order chi connectivity index (χ0) is 25.9. The van der Waals surface area contributed by atoms with Gasteiger partial charge < -0.3 is 10.2 Å². The number of carbonyl (C=O) groups excluding carboxylic acids is 2. The van der Waals surface area contributed by atoms with Gasteiger partial charge in [0.15, 0.2) is 0 Å². The summed E-state index contributed by atoms with van der Waals surface area (Å²) < 4.78 is 1.65. The number of halogens is 1. The number of benzene rings is 2. The predicted octanol–water partition coefficient (Wildman–Crippen LogP) is 6.98. The van der Waals surface area contributed by atoms with Crippen LogP contribution in [0.3, 0.4) is 0 Å². The normalized spacial score (nSPS) is 11.8. The van der Waals surface area contributed by atoms with Gasteiger partial charge in [-0.15, -0.1) is 0 Å². The van der Waals surface area contributed by atoms with Crippen molar-refractivity contribution in [1.29, 1.82) is 0 Å². The molecule has 1 aromatic heterocycles. The minimum Gasteiger partial charge on any atom is -0.333 e. The summed E-state index contributed by atoms with van der Waals surface area (Å²) in [7, 11) is 0. The van der Waals surface area contributed by atoms with Crippen LogP contribution in [-0.4, -0.2) is 39.6 Å². The van der Waals surface area contributed by atoms with Gasteiger partial charge in [0.1, 0.15) is 5.82 Å². The first-order valence-corrected chi connectivity index (χ1v) is 13.3. The van der Waals surface area contributed by atoms with E-state index in [1.165, 1.54) is 0 Å². The van der Waals surface area contributed by atoms with Gasteiger partial charge in [0, 0.05) is 24.1 Å². The fourth-order valence-corrected chi connectivity index (χ4v) is 4.43. The highest BCUT2D eigenvalue weighted by Crippen LogP contribution is 2.28. The molecule has 2 amide bonds. The first-order valence-electron chi connectivity index (χ1n) is 13.0. The highest BCUT2D eigenvalue weighted by atomic mass is 35.5. The molecular formula is C29H37ClN4O2. The van der Waals surface area contributed by atoms with Gasteiger partial charge in [-0.25, -0.2) is 4.68 Å². The number of nitrogens with one attached hydrogen (secondary N) is 1. The Morgan fingerprint density at radius 1 is 1.00 bits per heavy atom. The van der Waals surface area contributed by atoms with Crippen LogP contribution in [0.1, 0.15) is 59.3 Å². The number of rotatable bonds is 13. The van der Waals surface area contributed by atoms with E-state index < -0.39 is 0 Å². The maximum atomic E-state index is 13.3. The number of aromatic nitrogens is 2. The molecule has 0 radical (unpaired) electrons. The van der Waals surface area contributed by atoms with Gasteiger partial charge in [-0.05, 0) is 31.4 Å². The molecule has 192 valence electrons. The average molecular weight is 509 g/mol.